The van der Waals surface area contributed by atoms with Crippen LogP contribution in [-0.2, 0) is 33.2 Å². The molecule has 4 heteroatoms. The van der Waals surface area contributed by atoms with Gasteiger partial charge in [0.05, 0.1) is 6.61 Å². The standard InChI is InChI=1S/C10H14NO2.C5H5.Fe/c1-8(12)13-7-9-5-4-6-10(9)11(2)3;1-2-4-5-3-1;/h4-6H,7H2,1-3H3;1-5H;/q2*-1;+2. The zero-order valence-corrected chi connectivity index (χ0v) is 12.5. The number of hydrogen-bond acceptors (Lipinski definition) is 3. The van der Waals surface area contributed by atoms with E-state index in [4.69, 9.17) is 4.74 Å². The SMILES string of the molecule is CC(=O)OC[c-]1cccc1N(C)C.[Fe+2].c1cc[cH-]c1. The van der Waals surface area contributed by atoms with Crippen molar-refractivity contribution in [1.82, 2.24) is 0 Å². The summed E-state index contributed by atoms with van der Waals surface area (Å²) in [5, 5.41) is 0. The molecule has 0 atom stereocenters. The maximum Gasteiger partial charge on any atom is 2.00 e. The van der Waals surface area contributed by atoms with E-state index >= 15 is 0 Å². The van der Waals surface area contributed by atoms with Gasteiger partial charge in [-0.15, -0.1) is 0 Å². The van der Waals surface area contributed by atoms with Gasteiger partial charge in [-0.25, -0.2) is 18.2 Å². The Kier molecular flexibility index (Phi) is 8.67. The van der Waals surface area contributed by atoms with E-state index in [1.807, 2.05) is 67.5 Å². The molecule has 2 rings (SSSR count). The average molecular weight is 301 g/mol. The normalized spacial score (nSPS) is 8.79. The van der Waals surface area contributed by atoms with Crippen molar-refractivity contribution in [1.29, 1.82) is 0 Å². The molecule has 0 radical (unpaired) electrons. The summed E-state index contributed by atoms with van der Waals surface area (Å²) in [6.45, 7) is 1.77. The monoisotopic (exact) mass is 301 g/mol. The zero-order valence-electron chi connectivity index (χ0n) is 11.4. The van der Waals surface area contributed by atoms with Crippen LogP contribution < -0.4 is 4.90 Å². The van der Waals surface area contributed by atoms with Gasteiger partial charge in [0.2, 0.25) is 0 Å². The topological polar surface area (TPSA) is 29.5 Å². The fraction of sp³-hybridized carbons (Fsp3) is 0.267. The predicted molar refractivity (Wildman–Crippen MR) is 73.9 cm³/mol. The van der Waals surface area contributed by atoms with Crippen molar-refractivity contribution in [2.45, 2.75) is 13.5 Å². The van der Waals surface area contributed by atoms with Crippen molar-refractivity contribution in [3.63, 3.8) is 0 Å². The fourth-order valence-corrected chi connectivity index (χ4v) is 1.51. The van der Waals surface area contributed by atoms with Crippen LogP contribution in [0.4, 0.5) is 5.69 Å². The van der Waals surface area contributed by atoms with Gasteiger partial charge in [-0.2, -0.15) is 30.3 Å². The summed E-state index contributed by atoms with van der Waals surface area (Å²) in [6.07, 6.45) is 0. The minimum atomic E-state index is -0.245. The minimum Gasteiger partial charge on any atom is -0.474 e. The first kappa shape index (κ1) is 17.5. The first-order valence-electron chi connectivity index (χ1n) is 5.83. The molecule has 0 aromatic heterocycles. The third-order valence-electron chi connectivity index (χ3n) is 2.35. The fourth-order valence-electron chi connectivity index (χ4n) is 1.51. The second-order valence-corrected chi connectivity index (χ2v) is 4.07. The summed E-state index contributed by atoms with van der Waals surface area (Å²) in [6, 6.07) is 15.9. The van der Waals surface area contributed by atoms with Gasteiger partial charge in [0.1, 0.15) is 0 Å². The van der Waals surface area contributed by atoms with Crippen LogP contribution in [0.5, 0.6) is 0 Å². The molecule has 0 aliphatic carbocycles. The molecule has 0 saturated carbocycles. The van der Waals surface area contributed by atoms with Crippen LogP contribution >= 0.6 is 0 Å². The predicted octanol–water partition coefficient (Wildman–Crippen LogP) is 2.94. The third-order valence-corrected chi connectivity index (χ3v) is 2.35. The average Bonchev–Trinajstić information content (AvgIpc) is 3.00. The Balaban J connectivity index is 0.000000454. The van der Waals surface area contributed by atoms with E-state index in [1.54, 1.807) is 0 Å². The Bertz CT molecular complexity index is 429. The van der Waals surface area contributed by atoms with Gasteiger partial charge in [0, 0.05) is 21.0 Å². The minimum absolute atomic E-state index is 0. The second kappa shape index (κ2) is 9.42. The summed E-state index contributed by atoms with van der Waals surface area (Å²) in [5.74, 6) is -0.245. The first-order chi connectivity index (χ1) is 8.61. The summed E-state index contributed by atoms with van der Waals surface area (Å²) in [4.78, 5) is 12.6. The molecular weight excluding hydrogens is 282 g/mol. The number of ether oxygens (including phenoxy) is 1. The van der Waals surface area contributed by atoms with Crippen LogP contribution in [0.2, 0.25) is 0 Å². The molecule has 0 aliphatic rings. The van der Waals surface area contributed by atoms with Gasteiger partial charge in [-0.3, -0.25) is 4.79 Å². The van der Waals surface area contributed by atoms with Gasteiger partial charge in [0.15, 0.2) is 0 Å². The Morgan fingerprint density at radius 2 is 1.95 bits per heavy atom. The van der Waals surface area contributed by atoms with Crippen LogP contribution in [0.3, 0.4) is 0 Å². The number of anilines is 1. The van der Waals surface area contributed by atoms with Crippen molar-refractivity contribution in [2.75, 3.05) is 19.0 Å². The molecule has 0 bridgehead atoms. The van der Waals surface area contributed by atoms with Crippen molar-refractivity contribution < 1.29 is 26.6 Å². The maximum atomic E-state index is 10.6. The Hall–Kier alpha value is -1.51. The van der Waals surface area contributed by atoms with Crippen LogP contribution in [-0.4, -0.2) is 20.1 Å². The maximum absolute atomic E-state index is 10.6. The van der Waals surface area contributed by atoms with Crippen LogP contribution in [0.15, 0.2) is 48.5 Å². The van der Waals surface area contributed by atoms with E-state index < -0.39 is 0 Å². The Morgan fingerprint density at radius 3 is 2.37 bits per heavy atom. The summed E-state index contributed by atoms with van der Waals surface area (Å²) < 4.78 is 4.91. The van der Waals surface area contributed by atoms with E-state index in [9.17, 15) is 4.79 Å². The quantitative estimate of drug-likeness (QED) is 0.496. The van der Waals surface area contributed by atoms with E-state index in [0.29, 0.717) is 6.61 Å². The zero-order chi connectivity index (χ0) is 13.4. The van der Waals surface area contributed by atoms with Gasteiger partial charge in [-0.1, -0.05) is 11.3 Å². The molecule has 2 aromatic rings. The van der Waals surface area contributed by atoms with E-state index in [-0.39, 0.29) is 23.0 Å². The molecule has 0 heterocycles. The van der Waals surface area contributed by atoms with Crippen LogP contribution in [0.25, 0.3) is 0 Å². The molecular formula is C15H19FeNO2. The summed E-state index contributed by atoms with van der Waals surface area (Å²) >= 11 is 0. The molecule has 0 amide bonds. The largest absolute Gasteiger partial charge is 2.00 e. The molecule has 19 heavy (non-hydrogen) atoms. The first-order valence-corrected chi connectivity index (χ1v) is 5.83. The molecule has 0 N–H and O–H groups in total. The van der Waals surface area contributed by atoms with Gasteiger partial charge < -0.3 is 9.64 Å². The molecule has 0 saturated heterocycles. The summed E-state index contributed by atoms with van der Waals surface area (Å²) in [7, 11) is 3.93. The van der Waals surface area contributed by atoms with Crippen molar-refractivity contribution in [2.24, 2.45) is 0 Å². The number of carbonyl (C=O) groups excluding carboxylic acids is 1. The number of rotatable bonds is 3. The van der Waals surface area contributed by atoms with E-state index in [0.717, 1.165) is 11.3 Å². The molecule has 104 valence electrons. The number of nitrogens with zero attached hydrogens (tertiary/aromatic N) is 1. The number of hydrogen-bond donors (Lipinski definition) is 0. The smallest absolute Gasteiger partial charge is 0.474 e. The van der Waals surface area contributed by atoms with E-state index in [2.05, 4.69) is 0 Å². The Labute approximate surface area is 125 Å². The molecule has 0 fully saturated rings. The second-order valence-electron chi connectivity index (χ2n) is 4.07. The molecule has 2 aromatic carbocycles. The molecule has 0 aliphatic heterocycles. The molecule has 3 nitrogen and oxygen atoms in total. The van der Waals surface area contributed by atoms with Crippen LogP contribution in [0, 0.1) is 0 Å². The van der Waals surface area contributed by atoms with Crippen molar-refractivity contribution in [3.05, 3.63) is 54.1 Å². The van der Waals surface area contributed by atoms with Crippen molar-refractivity contribution in [3.8, 4) is 0 Å². The number of carbonyl (C=O) groups is 1. The third kappa shape index (κ3) is 6.84. The van der Waals surface area contributed by atoms with Crippen LogP contribution in [0.1, 0.15) is 12.5 Å². The van der Waals surface area contributed by atoms with Crippen molar-refractivity contribution >= 4 is 11.7 Å². The summed E-state index contributed by atoms with van der Waals surface area (Å²) in [5.41, 5.74) is 2.14. The molecule has 0 spiro atoms. The molecule has 0 unspecified atom stereocenters. The van der Waals surface area contributed by atoms with E-state index in [1.165, 1.54) is 6.92 Å². The Morgan fingerprint density at radius 1 is 1.32 bits per heavy atom. The number of esters is 1. The van der Waals surface area contributed by atoms with Gasteiger partial charge in [0.25, 0.3) is 0 Å². The van der Waals surface area contributed by atoms with Gasteiger partial charge >= 0.3 is 23.0 Å². The van der Waals surface area contributed by atoms with Gasteiger partial charge in [-0.05, 0) is 0 Å².